The predicted octanol–water partition coefficient (Wildman–Crippen LogP) is 4.49. The Bertz CT molecular complexity index is 1040. The number of amides is 1. The van der Waals surface area contributed by atoms with Gasteiger partial charge in [-0.25, -0.2) is 4.79 Å². The van der Waals surface area contributed by atoms with Gasteiger partial charge in [-0.2, -0.15) is 0 Å². The van der Waals surface area contributed by atoms with Crippen LogP contribution in [0.3, 0.4) is 0 Å². The van der Waals surface area contributed by atoms with Crippen LogP contribution in [-0.2, 0) is 32.1 Å². The van der Waals surface area contributed by atoms with E-state index in [2.05, 4.69) is 0 Å². The van der Waals surface area contributed by atoms with E-state index in [4.69, 9.17) is 9.47 Å². The van der Waals surface area contributed by atoms with Crippen LogP contribution in [0.4, 0.5) is 0 Å². The Hall–Kier alpha value is -3.80. The molecule has 1 heterocycles. The second kappa shape index (κ2) is 11.7. The number of hydrogen-bond acceptors (Lipinski definition) is 4. The van der Waals surface area contributed by atoms with Crippen LogP contribution >= 0.6 is 0 Å². The highest BCUT2D eigenvalue weighted by Crippen LogP contribution is 2.21. The summed E-state index contributed by atoms with van der Waals surface area (Å²) in [6, 6.07) is 18.3. The lowest BCUT2D eigenvalue weighted by molar-refractivity contribution is -0.149. The Morgan fingerprint density at radius 3 is 2.30 bits per heavy atom. The first-order valence-electron chi connectivity index (χ1n) is 10.8. The van der Waals surface area contributed by atoms with Gasteiger partial charge in [0, 0.05) is 6.54 Å². The fraction of sp³-hybridized carbons (Fsp3) is 0.259. The smallest absolute Gasteiger partial charge is 0.326 e. The van der Waals surface area contributed by atoms with E-state index in [-0.39, 0.29) is 25.3 Å². The Balaban J connectivity index is 1.69. The molecule has 6 nitrogen and oxygen atoms in total. The van der Waals surface area contributed by atoms with Crippen molar-refractivity contribution in [2.24, 2.45) is 0 Å². The maximum Gasteiger partial charge on any atom is 0.326 e. The Morgan fingerprint density at radius 2 is 1.70 bits per heavy atom. The third kappa shape index (κ3) is 6.84. The average molecular weight is 448 g/mol. The Kier molecular flexibility index (Phi) is 8.47. The summed E-state index contributed by atoms with van der Waals surface area (Å²) < 4.78 is 11.3. The van der Waals surface area contributed by atoms with Crippen molar-refractivity contribution in [3.63, 3.8) is 0 Å². The molecule has 1 aliphatic heterocycles. The third-order valence-electron chi connectivity index (χ3n) is 5.45. The van der Waals surface area contributed by atoms with Crippen LogP contribution < -0.4 is 0 Å². The zero-order chi connectivity index (χ0) is 23.6. The number of carbonyl (C=O) groups is 2. The van der Waals surface area contributed by atoms with Crippen molar-refractivity contribution in [1.82, 2.24) is 4.90 Å². The minimum absolute atomic E-state index is 0.164. The van der Waals surface area contributed by atoms with Crippen LogP contribution in [0.2, 0.25) is 0 Å². The molecule has 1 amide bonds. The number of allylic oxidation sites excluding steroid dienone is 2. The molecule has 1 N–H and O–H groups in total. The van der Waals surface area contributed by atoms with E-state index in [1.165, 1.54) is 4.90 Å². The number of aliphatic carboxylic acids is 1. The summed E-state index contributed by atoms with van der Waals surface area (Å²) in [4.78, 5) is 26.1. The normalized spacial score (nSPS) is 16.7. The van der Waals surface area contributed by atoms with E-state index in [9.17, 15) is 14.7 Å². The lowest BCUT2D eigenvalue weighted by atomic mass is 10.0. The zero-order valence-electron chi connectivity index (χ0n) is 18.9. The summed E-state index contributed by atoms with van der Waals surface area (Å²) in [6.07, 6.45) is 5.90. The van der Waals surface area contributed by atoms with Gasteiger partial charge >= 0.3 is 5.97 Å². The lowest BCUT2D eigenvalue weighted by Crippen LogP contribution is -2.48. The SMILES string of the molecule is COC(/C=C\C1=CCC(C(=O)O)N(C(=O)Cc2ccccc2)C1)=C(/C)OCc1ccccc1. The molecule has 0 bridgehead atoms. The summed E-state index contributed by atoms with van der Waals surface area (Å²) in [6.45, 7) is 2.48. The highest BCUT2D eigenvalue weighted by atomic mass is 16.5. The van der Waals surface area contributed by atoms with Crippen LogP contribution in [0, 0.1) is 0 Å². The first kappa shape index (κ1) is 23.9. The van der Waals surface area contributed by atoms with E-state index in [0.717, 1.165) is 16.7 Å². The van der Waals surface area contributed by atoms with Gasteiger partial charge in [0.1, 0.15) is 18.4 Å². The molecule has 1 unspecified atom stereocenters. The van der Waals surface area contributed by atoms with Gasteiger partial charge in [0.05, 0.1) is 13.5 Å². The van der Waals surface area contributed by atoms with Gasteiger partial charge in [0.25, 0.3) is 0 Å². The standard InChI is InChI=1S/C27H29NO5/c1-20(33-19-23-11-7-4-8-12-23)25(32-2)16-14-22-13-15-24(27(30)31)28(18-22)26(29)17-21-9-5-3-6-10-21/h3-14,16,24H,15,17-19H2,1-2H3,(H,30,31)/b16-14-,25-20-. The van der Waals surface area contributed by atoms with Gasteiger partial charge in [-0.05, 0) is 36.1 Å². The average Bonchev–Trinajstić information content (AvgIpc) is 2.84. The lowest BCUT2D eigenvalue weighted by Gasteiger charge is -2.32. The molecule has 0 saturated carbocycles. The van der Waals surface area contributed by atoms with E-state index in [1.54, 1.807) is 13.2 Å². The van der Waals surface area contributed by atoms with Crippen molar-refractivity contribution in [3.05, 3.63) is 107 Å². The highest BCUT2D eigenvalue weighted by Gasteiger charge is 2.31. The van der Waals surface area contributed by atoms with E-state index >= 15 is 0 Å². The van der Waals surface area contributed by atoms with Crippen molar-refractivity contribution in [2.45, 2.75) is 32.4 Å². The van der Waals surface area contributed by atoms with Gasteiger partial charge in [-0.1, -0.05) is 72.8 Å². The van der Waals surface area contributed by atoms with Gasteiger partial charge in [-0.15, -0.1) is 0 Å². The van der Waals surface area contributed by atoms with Crippen LogP contribution in [-0.4, -0.2) is 41.6 Å². The zero-order valence-corrected chi connectivity index (χ0v) is 18.9. The molecule has 0 spiro atoms. The van der Waals surface area contributed by atoms with Crippen molar-refractivity contribution < 1.29 is 24.2 Å². The number of ether oxygens (including phenoxy) is 2. The minimum Gasteiger partial charge on any atom is -0.493 e. The molecule has 2 aromatic rings. The van der Waals surface area contributed by atoms with Crippen molar-refractivity contribution in [3.8, 4) is 0 Å². The van der Waals surface area contributed by atoms with Crippen molar-refractivity contribution >= 4 is 11.9 Å². The first-order chi connectivity index (χ1) is 16.0. The molecule has 0 aliphatic carbocycles. The minimum atomic E-state index is -1.00. The topological polar surface area (TPSA) is 76.1 Å². The molecule has 0 saturated heterocycles. The Morgan fingerprint density at radius 1 is 1.06 bits per heavy atom. The predicted molar refractivity (Wildman–Crippen MR) is 126 cm³/mol. The number of benzene rings is 2. The van der Waals surface area contributed by atoms with Crippen molar-refractivity contribution in [1.29, 1.82) is 0 Å². The second-order valence-electron chi connectivity index (χ2n) is 7.78. The summed E-state index contributed by atoms with van der Waals surface area (Å²) in [5, 5.41) is 9.61. The quantitative estimate of drug-likeness (QED) is 0.453. The number of methoxy groups -OCH3 is 1. The fourth-order valence-electron chi connectivity index (χ4n) is 3.60. The summed E-state index contributed by atoms with van der Waals surface area (Å²) in [5.41, 5.74) is 2.76. The van der Waals surface area contributed by atoms with Crippen LogP contribution in [0.1, 0.15) is 24.5 Å². The molecule has 33 heavy (non-hydrogen) atoms. The monoisotopic (exact) mass is 447 g/mol. The highest BCUT2D eigenvalue weighted by molar-refractivity contribution is 5.86. The van der Waals surface area contributed by atoms with E-state index < -0.39 is 12.0 Å². The summed E-state index contributed by atoms with van der Waals surface area (Å²) in [5.74, 6) is -0.0143. The molecule has 0 fully saturated rings. The molecular formula is C27H29NO5. The molecule has 3 rings (SSSR count). The number of carboxylic acid groups (broad SMARTS) is 1. The number of rotatable bonds is 9. The maximum atomic E-state index is 12.9. The Labute approximate surface area is 194 Å². The fourth-order valence-corrected chi connectivity index (χ4v) is 3.60. The molecule has 1 aliphatic rings. The van der Waals surface area contributed by atoms with Crippen LogP contribution in [0.15, 0.2) is 96.0 Å². The number of carboxylic acids is 1. The van der Waals surface area contributed by atoms with E-state index in [1.807, 2.05) is 79.7 Å². The van der Waals surface area contributed by atoms with Crippen molar-refractivity contribution in [2.75, 3.05) is 13.7 Å². The molecular weight excluding hydrogens is 418 g/mol. The van der Waals surface area contributed by atoms with Crippen LogP contribution in [0.25, 0.3) is 0 Å². The number of nitrogens with zero attached hydrogens (tertiary/aromatic N) is 1. The van der Waals surface area contributed by atoms with Gasteiger partial charge < -0.3 is 19.5 Å². The van der Waals surface area contributed by atoms with Gasteiger partial charge in [0.15, 0.2) is 5.76 Å². The summed E-state index contributed by atoms with van der Waals surface area (Å²) >= 11 is 0. The molecule has 1 atom stereocenters. The first-order valence-corrected chi connectivity index (χ1v) is 10.8. The van der Waals surface area contributed by atoms with Gasteiger partial charge in [-0.3, -0.25) is 4.79 Å². The largest absolute Gasteiger partial charge is 0.493 e. The molecule has 0 aromatic heterocycles. The second-order valence-corrected chi connectivity index (χ2v) is 7.78. The van der Waals surface area contributed by atoms with Crippen LogP contribution in [0.5, 0.6) is 0 Å². The maximum absolute atomic E-state index is 12.9. The van der Waals surface area contributed by atoms with E-state index in [0.29, 0.717) is 18.1 Å². The molecule has 2 aromatic carbocycles. The summed E-state index contributed by atoms with van der Waals surface area (Å²) in [7, 11) is 1.57. The molecule has 0 radical (unpaired) electrons. The number of carbonyl (C=O) groups excluding carboxylic acids is 1. The van der Waals surface area contributed by atoms with Gasteiger partial charge in [0.2, 0.25) is 5.91 Å². The number of hydrogen-bond donors (Lipinski definition) is 1. The molecule has 6 heteroatoms. The third-order valence-corrected chi connectivity index (χ3v) is 5.45. The molecule has 172 valence electrons.